The van der Waals surface area contributed by atoms with E-state index >= 15 is 0 Å². The number of rotatable bonds is 7. The Morgan fingerprint density at radius 1 is 0.941 bits per heavy atom. The van der Waals surface area contributed by atoms with E-state index in [0.717, 1.165) is 15.7 Å². The van der Waals surface area contributed by atoms with Crippen molar-refractivity contribution in [1.29, 1.82) is 0 Å². The number of benzene rings is 2. The van der Waals surface area contributed by atoms with Crippen LogP contribution < -0.4 is 16.0 Å². The molecule has 3 aromatic rings. The van der Waals surface area contributed by atoms with Crippen LogP contribution in [0.15, 0.2) is 70.4 Å². The maximum Gasteiger partial charge on any atom is 0.331 e. The van der Waals surface area contributed by atoms with Gasteiger partial charge < -0.3 is 9.64 Å². The minimum Gasteiger partial charge on any atom is -0.494 e. The third-order valence-corrected chi connectivity index (χ3v) is 5.98. The summed E-state index contributed by atoms with van der Waals surface area (Å²) in [6.45, 7) is 2.75. The predicted octanol–water partition coefficient (Wildman–Crippen LogP) is 1.55. The molecule has 0 radical (unpaired) electrons. The Kier molecular flexibility index (Phi) is 7.22. The second-order valence-electron chi connectivity index (χ2n) is 8.26. The third-order valence-electron chi connectivity index (χ3n) is 5.98. The molecular formula is C25H27FN4O4. The second kappa shape index (κ2) is 10.5. The van der Waals surface area contributed by atoms with E-state index in [0.29, 0.717) is 39.3 Å². The van der Waals surface area contributed by atoms with Crippen LogP contribution >= 0.6 is 0 Å². The fraction of sp³-hybridized carbons (Fsp3) is 0.320. The molecule has 1 aromatic heterocycles. The van der Waals surface area contributed by atoms with Crippen molar-refractivity contribution < 1.29 is 13.9 Å². The molecule has 1 aliphatic rings. The Balaban J connectivity index is 1.37. The van der Waals surface area contributed by atoms with Crippen molar-refractivity contribution in [2.75, 3.05) is 33.3 Å². The Morgan fingerprint density at radius 2 is 1.68 bits per heavy atom. The van der Waals surface area contributed by atoms with Crippen LogP contribution in [-0.4, -0.2) is 58.1 Å². The SMILES string of the molecule is COc1ccc(CN2CCN(C(=O)Cn3c(=O)ccn(Cc4ccccc4)c3=O)CC2)cc1F. The molecule has 4 rings (SSSR count). The lowest BCUT2D eigenvalue weighted by Crippen LogP contribution is -2.51. The van der Waals surface area contributed by atoms with Crippen LogP contribution in [0.1, 0.15) is 11.1 Å². The van der Waals surface area contributed by atoms with Crippen LogP contribution in [0.4, 0.5) is 4.39 Å². The van der Waals surface area contributed by atoms with Gasteiger partial charge in [0.1, 0.15) is 6.54 Å². The molecule has 0 atom stereocenters. The van der Waals surface area contributed by atoms with E-state index in [1.54, 1.807) is 11.0 Å². The summed E-state index contributed by atoms with van der Waals surface area (Å²) >= 11 is 0. The lowest BCUT2D eigenvalue weighted by molar-refractivity contribution is -0.133. The monoisotopic (exact) mass is 466 g/mol. The van der Waals surface area contributed by atoms with Crippen LogP contribution in [0.3, 0.4) is 0 Å². The summed E-state index contributed by atoms with van der Waals surface area (Å²) in [6, 6.07) is 15.6. The largest absolute Gasteiger partial charge is 0.494 e. The van der Waals surface area contributed by atoms with Crippen molar-refractivity contribution in [2.45, 2.75) is 19.6 Å². The van der Waals surface area contributed by atoms with Crippen LogP contribution in [0.25, 0.3) is 0 Å². The molecule has 34 heavy (non-hydrogen) atoms. The number of hydrogen-bond acceptors (Lipinski definition) is 5. The van der Waals surface area contributed by atoms with E-state index in [1.807, 2.05) is 36.4 Å². The Bertz CT molecular complexity index is 1260. The zero-order chi connectivity index (χ0) is 24.1. The maximum absolute atomic E-state index is 13.9. The lowest BCUT2D eigenvalue weighted by atomic mass is 10.2. The molecule has 9 heteroatoms. The van der Waals surface area contributed by atoms with Crippen LogP contribution in [0, 0.1) is 5.82 Å². The van der Waals surface area contributed by atoms with Gasteiger partial charge in [0.2, 0.25) is 5.91 Å². The quantitative estimate of drug-likeness (QED) is 0.528. The van der Waals surface area contributed by atoms with Crippen molar-refractivity contribution in [3.63, 3.8) is 0 Å². The van der Waals surface area contributed by atoms with E-state index in [9.17, 15) is 18.8 Å². The van der Waals surface area contributed by atoms with Gasteiger partial charge in [-0.05, 0) is 23.3 Å². The highest BCUT2D eigenvalue weighted by atomic mass is 19.1. The number of methoxy groups -OCH3 is 1. The Hall–Kier alpha value is -3.72. The number of aromatic nitrogens is 2. The van der Waals surface area contributed by atoms with Crippen molar-refractivity contribution in [1.82, 2.24) is 18.9 Å². The Morgan fingerprint density at radius 3 is 2.35 bits per heavy atom. The zero-order valence-electron chi connectivity index (χ0n) is 19.0. The molecule has 1 saturated heterocycles. The van der Waals surface area contributed by atoms with Crippen LogP contribution in [0.5, 0.6) is 5.75 Å². The minimum atomic E-state index is -0.509. The van der Waals surface area contributed by atoms with Crippen LogP contribution in [-0.2, 0) is 24.4 Å². The minimum absolute atomic E-state index is 0.207. The molecule has 1 aliphatic heterocycles. The van der Waals surface area contributed by atoms with Gasteiger partial charge in [-0.15, -0.1) is 0 Å². The summed E-state index contributed by atoms with van der Waals surface area (Å²) in [5.74, 6) is -0.468. The highest BCUT2D eigenvalue weighted by molar-refractivity contribution is 5.76. The molecule has 0 unspecified atom stereocenters. The summed E-state index contributed by atoms with van der Waals surface area (Å²) < 4.78 is 21.3. The van der Waals surface area contributed by atoms with Gasteiger partial charge in [-0.2, -0.15) is 0 Å². The van der Waals surface area contributed by atoms with E-state index in [1.165, 1.54) is 30.0 Å². The molecule has 0 saturated carbocycles. The van der Waals surface area contributed by atoms with Gasteiger partial charge in [0, 0.05) is 45.0 Å². The van der Waals surface area contributed by atoms with Gasteiger partial charge in [0.25, 0.3) is 5.56 Å². The van der Waals surface area contributed by atoms with E-state index in [-0.39, 0.29) is 18.2 Å². The normalized spacial score (nSPS) is 14.2. The van der Waals surface area contributed by atoms with E-state index in [4.69, 9.17) is 4.74 Å². The van der Waals surface area contributed by atoms with Crippen molar-refractivity contribution >= 4 is 5.91 Å². The fourth-order valence-electron chi connectivity index (χ4n) is 4.06. The van der Waals surface area contributed by atoms with Crippen LogP contribution in [0.2, 0.25) is 0 Å². The summed E-state index contributed by atoms with van der Waals surface area (Å²) in [6.07, 6.45) is 1.46. The third kappa shape index (κ3) is 5.43. The summed E-state index contributed by atoms with van der Waals surface area (Å²) in [4.78, 5) is 41.8. The smallest absolute Gasteiger partial charge is 0.331 e. The maximum atomic E-state index is 13.9. The molecule has 0 aliphatic carbocycles. The Labute approximate surface area is 196 Å². The lowest BCUT2D eigenvalue weighted by Gasteiger charge is -2.34. The topological polar surface area (TPSA) is 76.8 Å². The number of nitrogens with zero attached hydrogens (tertiary/aromatic N) is 4. The molecule has 178 valence electrons. The van der Waals surface area contributed by atoms with Crippen molar-refractivity contribution in [2.24, 2.45) is 0 Å². The molecule has 2 heterocycles. The number of carbonyl (C=O) groups excluding carboxylic acids is 1. The van der Waals surface area contributed by atoms with Gasteiger partial charge in [0.15, 0.2) is 11.6 Å². The average molecular weight is 467 g/mol. The van der Waals surface area contributed by atoms with E-state index in [2.05, 4.69) is 4.90 Å². The molecule has 2 aromatic carbocycles. The van der Waals surface area contributed by atoms with Gasteiger partial charge in [-0.1, -0.05) is 36.4 Å². The highest BCUT2D eigenvalue weighted by Crippen LogP contribution is 2.19. The average Bonchev–Trinajstić information content (AvgIpc) is 2.85. The molecule has 0 bridgehead atoms. The number of amides is 1. The van der Waals surface area contributed by atoms with Crippen molar-refractivity contribution in [3.05, 3.63) is 98.6 Å². The molecular weight excluding hydrogens is 439 g/mol. The van der Waals surface area contributed by atoms with E-state index < -0.39 is 17.1 Å². The molecule has 1 amide bonds. The summed E-state index contributed by atoms with van der Waals surface area (Å²) in [7, 11) is 1.43. The van der Waals surface area contributed by atoms with Gasteiger partial charge in [-0.25, -0.2) is 9.18 Å². The fourth-order valence-corrected chi connectivity index (χ4v) is 4.06. The summed E-state index contributed by atoms with van der Waals surface area (Å²) in [5, 5.41) is 0. The highest BCUT2D eigenvalue weighted by Gasteiger charge is 2.22. The first-order valence-electron chi connectivity index (χ1n) is 11.1. The zero-order valence-corrected chi connectivity index (χ0v) is 19.0. The number of carbonyl (C=O) groups is 1. The first-order chi connectivity index (χ1) is 16.4. The number of ether oxygens (including phenoxy) is 1. The standard InChI is InChI=1S/C25H27FN4O4/c1-34-22-8-7-20(15-21(22)26)16-27-11-13-28(14-12-27)24(32)18-30-23(31)9-10-29(25(30)33)17-19-5-3-2-4-6-19/h2-10,15H,11-14,16-18H2,1H3. The molecule has 0 spiro atoms. The predicted molar refractivity (Wildman–Crippen MR) is 125 cm³/mol. The van der Waals surface area contributed by atoms with Gasteiger partial charge in [-0.3, -0.25) is 23.6 Å². The first-order valence-corrected chi connectivity index (χ1v) is 11.1. The molecule has 0 N–H and O–H groups in total. The summed E-state index contributed by atoms with van der Waals surface area (Å²) in [5.41, 5.74) is 0.745. The first kappa shape index (κ1) is 23.4. The number of hydrogen-bond donors (Lipinski definition) is 0. The van der Waals surface area contributed by atoms with Gasteiger partial charge in [0.05, 0.1) is 13.7 Å². The number of piperazine rings is 1. The molecule has 1 fully saturated rings. The van der Waals surface area contributed by atoms with Gasteiger partial charge >= 0.3 is 5.69 Å². The van der Waals surface area contributed by atoms with Crippen molar-refractivity contribution in [3.8, 4) is 5.75 Å². The number of halogens is 1. The molecule has 8 nitrogen and oxygen atoms in total. The second-order valence-corrected chi connectivity index (χ2v) is 8.26.